The average molecular weight is 508 g/mol. The number of aliphatic hydroxyl groups is 1. The molecule has 1 aliphatic carbocycles. The van der Waals surface area contributed by atoms with Crippen LogP contribution in [0.15, 0.2) is 66.5 Å². The normalized spacial score (nSPS) is 20.6. The van der Waals surface area contributed by atoms with E-state index in [2.05, 4.69) is 10.1 Å². The molecule has 0 radical (unpaired) electrons. The van der Waals surface area contributed by atoms with E-state index < -0.39 is 11.6 Å². The predicted molar refractivity (Wildman–Crippen MR) is 136 cm³/mol. The zero-order valence-corrected chi connectivity index (χ0v) is 21.1. The van der Waals surface area contributed by atoms with E-state index in [1.807, 2.05) is 42.5 Å². The number of carbonyl (C=O) groups excluding carboxylic acids is 1. The van der Waals surface area contributed by atoms with Gasteiger partial charge in [0.05, 0.1) is 23.4 Å². The minimum Gasteiger partial charge on any atom is -0.512 e. The minimum atomic E-state index is -0.704. The van der Waals surface area contributed by atoms with Crippen LogP contribution in [0.3, 0.4) is 0 Å². The van der Waals surface area contributed by atoms with Crippen LogP contribution in [0.4, 0.5) is 0 Å². The highest BCUT2D eigenvalue weighted by atomic mass is 35.5. The molecule has 1 saturated carbocycles. The zero-order chi connectivity index (χ0) is 25.1. The number of cyclic esters (lactones) is 1. The summed E-state index contributed by atoms with van der Waals surface area (Å²) in [5, 5.41) is 15.8. The highest BCUT2D eigenvalue weighted by Crippen LogP contribution is 2.46. The van der Waals surface area contributed by atoms with E-state index in [0.717, 1.165) is 42.5 Å². The first-order chi connectivity index (χ1) is 17.5. The standard InChI is InChI=1S/C28H30ClN3O4/c1-35-26-11-8-20(15-24(26)29)12-13-28(21-4-2-3-5-21)16-25(33)23(27(34)36-28)14-19-6-9-22(10-7-19)32-18-30-17-31-32/h6-11,15,17-18,21,33H,2-5,12-14,16H2,1H3. The van der Waals surface area contributed by atoms with Gasteiger partial charge in [-0.1, -0.05) is 42.6 Å². The van der Waals surface area contributed by atoms with E-state index in [4.69, 9.17) is 21.1 Å². The van der Waals surface area contributed by atoms with Crippen molar-refractivity contribution in [3.8, 4) is 11.4 Å². The summed E-state index contributed by atoms with van der Waals surface area (Å²) in [6.45, 7) is 0. The Hall–Kier alpha value is -3.32. The maximum Gasteiger partial charge on any atom is 0.338 e. The Morgan fingerprint density at radius 3 is 2.56 bits per heavy atom. The summed E-state index contributed by atoms with van der Waals surface area (Å²) in [6.07, 6.45) is 9.35. The first kappa shape index (κ1) is 24.4. The second-order valence-electron chi connectivity index (χ2n) is 9.69. The van der Waals surface area contributed by atoms with Crippen molar-refractivity contribution in [2.45, 2.75) is 57.0 Å². The van der Waals surface area contributed by atoms with E-state index in [9.17, 15) is 9.90 Å². The van der Waals surface area contributed by atoms with Crippen LogP contribution in [0.2, 0.25) is 5.02 Å². The van der Waals surface area contributed by atoms with E-state index >= 15 is 0 Å². The molecule has 1 aromatic heterocycles. The number of methoxy groups -OCH3 is 1. The van der Waals surface area contributed by atoms with Crippen molar-refractivity contribution < 1.29 is 19.4 Å². The van der Waals surface area contributed by atoms with Gasteiger partial charge in [-0.15, -0.1) is 0 Å². The molecular weight excluding hydrogens is 478 g/mol. The highest BCUT2D eigenvalue weighted by molar-refractivity contribution is 6.32. The Balaban J connectivity index is 1.35. The van der Waals surface area contributed by atoms with Crippen molar-refractivity contribution in [2.75, 3.05) is 7.11 Å². The van der Waals surface area contributed by atoms with Crippen LogP contribution in [-0.4, -0.2) is 38.6 Å². The van der Waals surface area contributed by atoms with Gasteiger partial charge in [0.1, 0.15) is 29.8 Å². The molecule has 8 heteroatoms. The number of aliphatic hydroxyl groups excluding tert-OH is 1. The highest BCUT2D eigenvalue weighted by Gasteiger charge is 2.47. The average Bonchev–Trinajstić information content (AvgIpc) is 3.61. The molecule has 1 N–H and O–H groups in total. The molecule has 0 amide bonds. The van der Waals surface area contributed by atoms with Crippen molar-refractivity contribution in [3.63, 3.8) is 0 Å². The third-order valence-electron chi connectivity index (χ3n) is 7.51. The molecule has 2 aliphatic rings. The molecule has 36 heavy (non-hydrogen) atoms. The summed E-state index contributed by atoms with van der Waals surface area (Å²) in [5.74, 6) is 0.598. The van der Waals surface area contributed by atoms with Crippen LogP contribution in [0.1, 0.15) is 49.7 Å². The van der Waals surface area contributed by atoms with Gasteiger partial charge in [-0.05, 0) is 67.0 Å². The van der Waals surface area contributed by atoms with Gasteiger partial charge in [0, 0.05) is 12.8 Å². The number of halogens is 1. The minimum absolute atomic E-state index is 0.145. The quantitative estimate of drug-likeness (QED) is 0.388. The van der Waals surface area contributed by atoms with Crippen molar-refractivity contribution in [3.05, 3.63) is 82.6 Å². The lowest BCUT2D eigenvalue weighted by atomic mass is 9.76. The maximum absolute atomic E-state index is 13.3. The second kappa shape index (κ2) is 10.3. The van der Waals surface area contributed by atoms with Gasteiger partial charge in [-0.3, -0.25) is 0 Å². The molecule has 5 rings (SSSR count). The van der Waals surface area contributed by atoms with Gasteiger partial charge < -0.3 is 14.6 Å². The number of benzene rings is 2. The van der Waals surface area contributed by atoms with Gasteiger partial charge in [0.25, 0.3) is 0 Å². The molecule has 0 saturated heterocycles. The summed E-state index contributed by atoms with van der Waals surface area (Å²) in [7, 11) is 1.59. The van der Waals surface area contributed by atoms with Crippen molar-refractivity contribution in [1.82, 2.24) is 14.8 Å². The number of aromatic nitrogens is 3. The zero-order valence-electron chi connectivity index (χ0n) is 20.3. The Bertz CT molecular complexity index is 1250. The van der Waals surface area contributed by atoms with Gasteiger partial charge in [0.15, 0.2) is 0 Å². The lowest BCUT2D eigenvalue weighted by Gasteiger charge is -2.42. The summed E-state index contributed by atoms with van der Waals surface area (Å²) in [4.78, 5) is 17.2. The Kier molecular flexibility index (Phi) is 7.01. The largest absolute Gasteiger partial charge is 0.512 e. The maximum atomic E-state index is 13.3. The molecule has 2 heterocycles. The Labute approximate surface area is 215 Å². The third-order valence-corrected chi connectivity index (χ3v) is 7.81. The Morgan fingerprint density at radius 1 is 1.17 bits per heavy atom. The van der Waals surface area contributed by atoms with Crippen LogP contribution in [0.5, 0.6) is 5.75 Å². The van der Waals surface area contributed by atoms with Crippen LogP contribution in [-0.2, 0) is 22.4 Å². The summed E-state index contributed by atoms with van der Waals surface area (Å²) >= 11 is 6.33. The molecular formula is C28H30ClN3O4. The number of rotatable bonds is 8. The van der Waals surface area contributed by atoms with Gasteiger partial charge in [0.2, 0.25) is 0 Å². The molecule has 3 aromatic rings. The van der Waals surface area contributed by atoms with E-state index in [0.29, 0.717) is 42.0 Å². The molecule has 1 aliphatic heterocycles. The van der Waals surface area contributed by atoms with Crippen LogP contribution in [0.25, 0.3) is 5.69 Å². The van der Waals surface area contributed by atoms with Gasteiger partial charge in [-0.2, -0.15) is 5.10 Å². The summed E-state index contributed by atoms with van der Waals surface area (Å²) < 4.78 is 13.2. The van der Waals surface area contributed by atoms with Crippen molar-refractivity contribution >= 4 is 17.6 Å². The molecule has 0 bridgehead atoms. The fourth-order valence-electron chi connectivity index (χ4n) is 5.52. The molecule has 7 nitrogen and oxygen atoms in total. The topological polar surface area (TPSA) is 86.5 Å². The van der Waals surface area contributed by atoms with Crippen molar-refractivity contribution in [1.29, 1.82) is 0 Å². The predicted octanol–water partition coefficient (Wildman–Crippen LogP) is 5.79. The van der Waals surface area contributed by atoms with E-state index in [-0.39, 0.29) is 11.7 Å². The van der Waals surface area contributed by atoms with Crippen LogP contribution < -0.4 is 4.74 Å². The lowest BCUT2D eigenvalue weighted by Crippen LogP contribution is -2.46. The molecule has 0 spiro atoms. The third kappa shape index (κ3) is 4.98. The number of nitrogens with zero attached hydrogens (tertiary/aromatic N) is 3. The monoisotopic (exact) mass is 507 g/mol. The number of ether oxygens (including phenoxy) is 2. The summed E-state index contributed by atoms with van der Waals surface area (Å²) in [6, 6.07) is 13.4. The first-order valence-corrected chi connectivity index (χ1v) is 12.8. The van der Waals surface area contributed by atoms with Crippen molar-refractivity contribution in [2.24, 2.45) is 5.92 Å². The first-order valence-electron chi connectivity index (χ1n) is 12.4. The number of esters is 1. The molecule has 2 aromatic carbocycles. The smallest absolute Gasteiger partial charge is 0.338 e. The Morgan fingerprint density at radius 2 is 1.92 bits per heavy atom. The second-order valence-corrected chi connectivity index (χ2v) is 10.1. The number of carbonyl (C=O) groups is 1. The molecule has 1 unspecified atom stereocenters. The number of hydrogen-bond donors (Lipinski definition) is 1. The van der Waals surface area contributed by atoms with E-state index in [1.165, 1.54) is 6.33 Å². The molecule has 1 atom stereocenters. The van der Waals surface area contributed by atoms with Gasteiger partial charge in [-0.25, -0.2) is 14.5 Å². The number of aryl methyl sites for hydroxylation is 1. The fraction of sp³-hybridized carbons (Fsp3) is 0.393. The molecule has 1 fully saturated rings. The van der Waals surface area contributed by atoms with Crippen LogP contribution >= 0.6 is 11.6 Å². The lowest BCUT2D eigenvalue weighted by molar-refractivity contribution is -0.167. The van der Waals surface area contributed by atoms with Gasteiger partial charge >= 0.3 is 5.97 Å². The van der Waals surface area contributed by atoms with Crippen LogP contribution in [0, 0.1) is 5.92 Å². The fourth-order valence-corrected chi connectivity index (χ4v) is 5.80. The SMILES string of the molecule is COc1ccc(CCC2(C3CCCC3)CC(O)=C(Cc3ccc(-n4cncn4)cc3)C(=O)O2)cc1Cl. The number of hydrogen-bond acceptors (Lipinski definition) is 6. The summed E-state index contributed by atoms with van der Waals surface area (Å²) in [5.41, 5.74) is 2.48. The van der Waals surface area contributed by atoms with E-state index in [1.54, 1.807) is 18.1 Å². The molecule has 188 valence electrons.